The van der Waals surface area contributed by atoms with Crippen LogP contribution < -0.4 is 0 Å². The lowest BCUT2D eigenvalue weighted by Crippen LogP contribution is -2.09. The Kier molecular flexibility index (Phi) is 6.68. The number of rotatable bonds is 2. The van der Waals surface area contributed by atoms with Crippen molar-refractivity contribution in [3.63, 3.8) is 0 Å². The van der Waals surface area contributed by atoms with Gasteiger partial charge in [-0.15, -0.1) is 0 Å². The average Bonchev–Trinajstić information content (AvgIpc) is 2.68. The molecule has 2 aromatic rings. The molecule has 1 saturated carbocycles. The molecule has 2 heterocycles. The first-order valence-electron chi connectivity index (χ1n) is 8.45. The Bertz CT molecular complexity index is 555. The molecule has 0 aliphatic heterocycles. The molecule has 23 heavy (non-hydrogen) atoms. The van der Waals surface area contributed by atoms with Crippen LogP contribution in [-0.2, 0) is 0 Å². The van der Waals surface area contributed by atoms with Crippen molar-refractivity contribution in [3.05, 3.63) is 55.2 Å². The average molecular weight is 532 g/mol. The molecule has 1 aliphatic carbocycles. The second kappa shape index (κ2) is 8.74. The number of aromatic nitrogens is 2. The fraction of sp³-hybridized carbons (Fsp3) is 0.474. The van der Waals surface area contributed by atoms with Crippen LogP contribution in [0.1, 0.15) is 68.2 Å². The summed E-state index contributed by atoms with van der Waals surface area (Å²) in [5.74, 6) is 1.13. The van der Waals surface area contributed by atoms with Gasteiger partial charge in [0.05, 0.1) is 0 Å². The van der Waals surface area contributed by atoms with Crippen molar-refractivity contribution in [1.29, 1.82) is 0 Å². The SMILES string of the molecule is Ic1ccc(C2CCCCCCC(c3ccc(I)cn3)C2)nc1. The second-order valence-corrected chi connectivity index (χ2v) is 8.91. The van der Waals surface area contributed by atoms with E-state index in [0.717, 1.165) is 0 Å². The fourth-order valence-electron chi connectivity index (χ4n) is 3.51. The van der Waals surface area contributed by atoms with E-state index in [9.17, 15) is 0 Å². The molecule has 2 unspecified atom stereocenters. The maximum Gasteiger partial charge on any atom is 0.0435 e. The minimum atomic E-state index is 0.566. The molecule has 0 spiro atoms. The number of pyridine rings is 2. The number of halogens is 2. The highest BCUT2D eigenvalue weighted by Gasteiger charge is 2.22. The second-order valence-electron chi connectivity index (χ2n) is 6.42. The zero-order chi connectivity index (χ0) is 16.1. The van der Waals surface area contributed by atoms with E-state index in [-0.39, 0.29) is 0 Å². The van der Waals surface area contributed by atoms with E-state index in [1.807, 2.05) is 12.4 Å². The number of hydrogen-bond acceptors (Lipinski definition) is 2. The number of hydrogen-bond donors (Lipinski definition) is 0. The third-order valence-corrected chi connectivity index (χ3v) is 6.04. The standard InChI is InChI=1S/C19H22I2N2/c20-16-7-9-18(22-12-16)14-5-3-1-2-4-6-15(11-14)19-10-8-17(21)13-23-19/h7-10,12-15H,1-6,11H2. The smallest absolute Gasteiger partial charge is 0.0435 e. The summed E-state index contributed by atoms with van der Waals surface area (Å²) in [5.41, 5.74) is 2.53. The first kappa shape index (κ1) is 17.6. The van der Waals surface area contributed by atoms with Gasteiger partial charge in [0.1, 0.15) is 0 Å². The third kappa shape index (κ3) is 5.11. The summed E-state index contributed by atoms with van der Waals surface area (Å²) in [6.07, 6.45) is 13.1. The Morgan fingerprint density at radius 3 is 1.57 bits per heavy atom. The molecular weight excluding hydrogens is 510 g/mol. The molecule has 0 N–H and O–H groups in total. The van der Waals surface area contributed by atoms with Crippen LogP contribution in [0.3, 0.4) is 0 Å². The first-order valence-corrected chi connectivity index (χ1v) is 10.6. The van der Waals surface area contributed by atoms with Crippen molar-refractivity contribution in [2.45, 2.75) is 56.8 Å². The van der Waals surface area contributed by atoms with Crippen molar-refractivity contribution in [3.8, 4) is 0 Å². The predicted octanol–water partition coefficient (Wildman–Crippen LogP) is 6.30. The number of nitrogens with zero attached hydrogens (tertiary/aromatic N) is 2. The summed E-state index contributed by atoms with van der Waals surface area (Å²) in [4.78, 5) is 9.44. The van der Waals surface area contributed by atoms with Crippen molar-refractivity contribution in [2.24, 2.45) is 0 Å². The molecule has 2 nitrogen and oxygen atoms in total. The van der Waals surface area contributed by atoms with E-state index in [1.54, 1.807) is 0 Å². The van der Waals surface area contributed by atoms with Gasteiger partial charge in [-0.2, -0.15) is 0 Å². The summed E-state index contributed by atoms with van der Waals surface area (Å²) in [7, 11) is 0. The van der Waals surface area contributed by atoms with Gasteiger partial charge < -0.3 is 0 Å². The summed E-state index contributed by atoms with van der Waals surface area (Å²) in [6, 6.07) is 8.83. The van der Waals surface area contributed by atoms with E-state index in [2.05, 4.69) is 69.4 Å². The Morgan fingerprint density at radius 2 is 1.17 bits per heavy atom. The predicted molar refractivity (Wildman–Crippen MR) is 112 cm³/mol. The topological polar surface area (TPSA) is 25.8 Å². The zero-order valence-electron chi connectivity index (χ0n) is 13.2. The largest absolute Gasteiger partial charge is 0.260 e. The monoisotopic (exact) mass is 532 g/mol. The van der Waals surface area contributed by atoms with Crippen LogP contribution in [0.15, 0.2) is 36.7 Å². The van der Waals surface area contributed by atoms with E-state index >= 15 is 0 Å². The maximum atomic E-state index is 4.72. The van der Waals surface area contributed by atoms with Gasteiger partial charge in [-0.25, -0.2) is 0 Å². The minimum Gasteiger partial charge on any atom is -0.260 e. The highest BCUT2D eigenvalue weighted by Crippen LogP contribution is 2.37. The van der Waals surface area contributed by atoms with Gasteiger partial charge in [-0.3, -0.25) is 9.97 Å². The minimum absolute atomic E-state index is 0.566. The van der Waals surface area contributed by atoms with Crippen molar-refractivity contribution in [2.75, 3.05) is 0 Å². The zero-order valence-corrected chi connectivity index (χ0v) is 17.5. The molecule has 0 radical (unpaired) electrons. The van der Waals surface area contributed by atoms with E-state index < -0.39 is 0 Å². The van der Waals surface area contributed by atoms with Crippen LogP contribution >= 0.6 is 45.2 Å². The molecule has 4 heteroatoms. The van der Waals surface area contributed by atoms with Gasteiger partial charge in [0.25, 0.3) is 0 Å². The van der Waals surface area contributed by atoms with Crippen LogP contribution in [0.4, 0.5) is 0 Å². The Labute approximate surface area is 166 Å². The Balaban J connectivity index is 1.82. The Hall–Kier alpha value is -0.240. The van der Waals surface area contributed by atoms with Gasteiger partial charge in [-0.05, 0) is 88.7 Å². The molecule has 2 aromatic heterocycles. The lowest BCUT2D eigenvalue weighted by atomic mass is 9.85. The molecule has 1 fully saturated rings. The summed E-state index contributed by atoms with van der Waals surface area (Å²) in [5, 5.41) is 0. The molecule has 2 atom stereocenters. The van der Waals surface area contributed by atoms with Gasteiger partial charge in [0.15, 0.2) is 0 Å². The molecule has 0 saturated heterocycles. The Morgan fingerprint density at radius 1 is 0.696 bits per heavy atom. The quantitative estimate of drug-likeness (QED) is 0.425. The van der Waals surface area contributed by atoms with Crippen molar-refractivity contribution >= 4 is 45.2 Å². The maximum absolute atomic E-state index is 4.72. The summed E-state index contributed by atoms with van der Waals surface area (Å²) in [6.45, 7) is 0. The fourth-order valence-corrected chi connectivity index (χ4v) is 4.15. The molecule has 0 aromatic carbocycles. The van der Waals surface area contributed by atoms with Crippen LogP contribution in [0.5, 0.6) is 0 Å². The van der Waals surface area contributed by atoms with Gasteiger partial charge in [0, 0.05) is 42.8 Å². The van der Waals surface area contributed by atoms with Crippen LogP contribution in [0.25, 0.3) is 0 Å². The highest BCUT2D eigenvalue weighted by atomic mass is 127. The normalized spacial score (nSPS) is 22.9. The highest BCUT2D eigenvalue weighted by molar-refractivity contribution is 14.1. The van der Waals surface area contributed by atoms with Crippen LogP contribution in [0, 0.1) is 7.14 Å². The molecule has 3 rings (SSSR count). The molecule has 0 bridgehead atoms. The van der Waals surface area contributed by atoms with E-state index in [1.165, 1.54) is 63.5 Å². The van der Waals surface area contributed by atoms with E-state index in [0.29, 0.717) is 11.8 Å². The van der Waals surface area contributed by atoms with Crippen molar-refractivity contribution < 1.29 is 0 Å². The lowest BCUT2D eigenvalue weighted by molar-refractivity contribution is 0.474. The van der Waals surface area contributed by atoms with Gasteiger partial charge in [0.2, 0.25) is 0 Å². The van der Waals surface area contributed by atoms with Crippen LogP contribution in [0.2, 0.25) is 0 Å². The van der Waals surface area contributed by atoms with Gasteiger partial charge in [-0.1, -0.05) is 25.7 Å². The summed E-state index contributed by atoms with van der Waals surface area (Å²) < 4.78 is 2.43. The third-order valence-electron chi connectivity index (χ3n) is 4.76. The molecule has 0 amide bonds. The first-order chi connectivity index (χ1) is 11.2. The summed E-state index contributed by atoms with van der Waals surface area (Å²) >= 11 is 4.66. The lowest BCUT2D eigenvalue weighted by Gasteiger charge is -2.22. The van der Waals surface area contributed by atoms with Crippen LogP contribution in [-0.4, -0.2) is 9.97 Å². The van der Waals surface area contributed by atoms with Crippen molar-refractivity contribution in [1.82, 2.24) is 9.97 Å². The van der Waals surface area contributed by atoms with E-state index in [4.69, 9.17) is 9.97 Å². The molecular formula is C19H22I2N2. The molecule has 1 aliphatic rings. The molecule has 122 valence electrons. The van der Waals surface area contributed by atoms with Gasteiger partial charge >= 0.3 is 0 Å².